The van der Waals surface area contributed by atoms with Gasteiger partial charge < -0.3 is 0 Å². The Morgan fingerprint density at radius 1 is 0.882 bits per heavy atom. The van der Waals surface area contributed by atoms with Gasteiger partial charge in [0.25, 0.3) is 0 Å². The molecule has 2 heterocycles. The Hall–Kier alpha value is -0.550. The van der Waals surface area contributed by atoms with Crippen LogP contribution < -0.4 is 0 Å². The molecule has 4 rings (SSSR count). The van der Waals surface area contributed by atoms with Crippen LogP contribution >= 0.6 is 0 Å². The van der Waals surface area contributed by atoms with E-state index in [1.807, 2.05) is 0 Å². The molecular formula is C15H24N2. The van der Waals surface area contributed by atoms with Crippen LogP contribution in [0.4, 0.5) is 0 Å². The van der Waals surface area contributed by atoms with Crippen molar-refractivity contribution in [3.8, 4) is 6.07 Å². The molecule has 0 atom stereocenters. The highest BCUT2D eigenvalue weighted by Gasteiger charge is 2.42. The van der Waals surface area contributed by atoms with E-state index < -0.39 is 0 Å². The Morgan fingerprint density at radius 3 is 1.88 bits per heavy atom. The third-order valence-electron chi connectivity index (χ3n) is 5.42. The van der Waals surface area contributed by atoms with Crippen LogP contribution in [0.25, 0.3) is 0 Å². The Morgan fingerprint density at radius 2 is 1.41 bits per heavy atom. The Kier molecular flexibility index (Phi) is 3.13. The summed E-state index contributed by atoms with van der Waals surface area (Å²) in [4.78, 5) is 2.60. The molecule has 0 aromatic rings. The van der Waals surface area contributed by atoms with Crippen molar-refractivity contribution in [3.05, 3.63) is 0 Å². The lowest BCUT2D eigenvalue weighted by molar-refractivity contribution is 0.0871. The molecule has 2 nitrogen and oxygen atoms in total. The minimum absolute atomic E-state index is 0.0799. The maximum atomic E-state index is 9.69. The number of hydrogen-bond acceptors (Lipinski definition) is 2. The third kappa shape index (κ3) is 2.10. The van der Waals surface area contributed by atoms with E-state index in [1.54, 1.807) is 0 Å². The quantitative estimate of drug-likeness (QED) is 0.693. The fourth-order valence-corrected chi connectivity index (χ4v) is 4.28. The Bertz CT molecular complexity index is 289. The van der Waals surface area contributed by atoms with E-state index in [0.717, 1.165) is 24.7 Å². The van der Waals surface area contributed by atoms with Crippen molar-refractivity contribution >= 4 is 0 Å². The molecule has 2 aliphatic heterocycles. The van der Waals surface area contributed by atoms with Crippen molar-refractivity contribution < 1.29 is 0 Å². The second-order valence-corrected chi connectivity index (χ2v) is 6.50. The van der Waals surface area contributed by atoms with Gasteiger partial charge in [-0.1, -0.05) is 19.3 Å². The highest BCUT2D eigenvalue weighted by Crippen LogP contribution is 2.40. The smallest absolute Gasteiger partial charge is 0.109 e. The zero-order chi connectivity index (χ0) is 11.7. The van der Waals surface area contributed by atoms with Crippen LogP contribution in [0.5, 0.6) is 0 Å². The molecule has 94 valence electrons. The minimum atomic E-state index is -0.0799. The van der Waals surface area contributed by atoms with Gasteiger partial charge in [0.05, 0.1) is 6.07 Å². The molecule has 0 unspecified atom stereocenters. The van der Waals surface area contributed by atoms with E-state index in [2.05, 4.69) is 11.0 Å². The SMILES string of the molecule is N#CC1(N2CC3CCC(CC3)C2)CCCCC1. The van der Waals surface area contributed by atoms with Crippen LogP contribution in [0.2, 0.25) is 0 Å². The first-order valence-corrected chi connectivity index (χ1v) is 7.49. The van der Waals surface area contributed by atoms with Crippen LogP contribution in [0.1, 0.15) is 57.8 Å². The second kappa shape index (κ2) is 4.61. The molecule has 4 aliphatic rings. The summed E-state index contributed by atoms with van der Waals surface area (Å²) < 4.78 is 0. The van der Waals surface area contributed by atoms with Gasteiger partial charge in [-0.2, -0.15) is 5.26 Å². The first-order chi connectivity index (χ1) is 8.32. The molecule has 0 spiro atoms. The number of nitriles is 1. The summed E-state index contributed by atoms with van der Waals surface area (Å²) in [5.74, 6) is 1.78. The lowest BCUT2D eigenvalue weighted by Crippen LogP contribution is -2.50. The second-order valence-electron chi connectivity index (χ2n) is 6.50. The zero-order valence-electron chi connectivity index (χ0n) is 10.8. The molecule has 17 heavy (non-hydrogen) atoms. The Balaban J connectivity index is 1.80. The van der Waals surface area contributed by atoms with E-state index in [9.17, 15) is 5.26 Å². The first-order valence-electron chi connectivity index (χ1n) is 7.49. The van der Waals surface area contributed by atoms with Crippen molar-refractivity contribution in [3.63, 3.8) is 0 Å². The van der Waals surface area contributed by atoms with Crippen molar-refractivity contribution in [1.82, 2.24) is 4.90 Å². The van der Waals surface area contributed by atoms with Gasteiger partial charge in [-0.3, -0.25) is 4.90 Å². The van der Waals surface area contributed by atoms with Crippen molar-refractivity contribution in [1.29, 1.82) is 5.26 Å². The van der Waals surface area contributed by atoms with Crippen LogP contribution in [-0.2, 0) is 0 Å². The van der Waals surface area contributed by atoms with E-state index in [1.165, 1.54) is 58.0 Å². The topological polar surface area (TPSA) is 27.0 Å². The van der Waals surface area contributed by atoms with Gasteiger partial charge in [0.1, 0.15) is 5.54 Å². The molecule has 4 fully saturated rings. The van der Waals surface area contributed by atoms with Crippen LogP contribution in [0.3, 0.4) is 0 Å². The first kappa shape index (κ1) is 11.5. The normalized spacial score (nSPS) is 37.4. The highest BCUT2D eigenvalue weighted by molar-refractivity contribution is 5.11. The summed E-state index contributed by atoms with van der Waals surface area (Å²) in [6.45, 7) is 2.42. The van der Waals surface area contributed by atoms with E-state index in [0.29, 0.717) is 0 Å². The Labute approximate surface area is 105 Å². The van der Waals surface area contributed by atoms with Gasteiger partial charge in [0.2, 0.25) is 0 Å². The average molecular weight is 232 g/mol. The maximum Gasteiger partial charge on any atom is 0.109 e. The number of nitrogens with zero attached hydrogens (tertiary/aromatic N) is 2. The molecule has 2 heteroatoms. The molecule has 2 aliphatic carbocycles. The lowest BCUT2D eigenvalue weighted by atomic mass is 9.81. The number of fused-ring (bicyclic) bond motifs is 4. The fourth-order valence-electron chi connectivity index (χ4n) is 4.28. The van der Waals surface area contributed by atoms with Crippen molar-refractivity contribution in [2.75, 3.05) is 13.1 Å². The fraction of sp³-hybridized carbons (Fsp3) is 0.933. The lowest BCUT2D eigenvalue weighted by Gasteiger charge is -2.41. The molecular weight excluding hydrogens is 208 g/mol. The van der Waals surface area contributed by atoms with E-state index in [-0.39, 0.29) is 5.54 Å². The summed E-state index contributed by atoms with van der Waals surface area (Å²) in [6, 6.07) is 2.71. The minimum Gasteiger partial charge on any atom is -0.285 e. The molecule has 2 saturated carbocycles. The van der Waals surface area contributed by atoms with Crippen LogP contribution in [0.15, 0.2) is 0 Å². The predicted molar refractivity (Wildman–Crippen MR) is 68.5 cm³/mol. The molecule has 0 aromatic carbocycles. The maximum absolute atomic E-state index is 9.69. The van der Waals surface area contributed by atoms with Gasteiger partial charge in [-0.15, -0.1) is 0 Å². The number of hydrogen-bond donors (Lipinski definition) is 0. The third-order valence-corrected chi connectivity index (χ3v) is 5.42. The number of rotatable bonds is 1. The summed E-state index contributed by atoms with van der Waals surface area (Å²) in [5, 5.41) is 9.69. The van der Waals surface area contributed by atoms with Gasteiger partial charge in [-0.05, 0) is 50.4 Å². The highest BCUT2D eigenvalue weighted by atomic mass is 15.2. The standard InChI is InChI=1S/C15H24N2/c16-12-15(8-2-1-3-9-15)17-10-13-4-5-14(11-17)7-6-13/h13-14H,1-11H2. The largest absolute Gasteiger partial charge is 0.285 e. The van der Waals surface area contributed by atoms with Crippen LogP contribution in [0, 0.1) is 23.2 Å². The van der Waals surface area contributed by atoms with Crippen LogP contribution in [-0.4, -0.2) is 23.5 Å². The van der Waals surface area contributed by atoms with Gasteiger partial charge in [-0.25, -0.2) is 0 Å². The van der Waals surface area contributed by atoms with Gasteiger partial charge in [0.15, 0.2) is 0 Å². The average Bonchev–Trinajstić information content (AvgIpc) is 2.73. The summed E-state index contributed by atoms with van der Waals surface area (Å²) in [6.07, 6.45) is 11.8. The zero-order valence-corrected chi connectivity index (χ0v) is 10.8. The molecule has 0 amide bonds. The summed E-state index contributed by atoms with van der Waals surface area (Å²) in [7, 11) is 0. The van der Waals surface area contributed by atoms with Gasteiger partial charge in [0, 0.05) is 13.1 Å². The molecule has 2 bridgehead atoms. The summed E-state index contributed by atoms with van der Waals surface area (Å²) in [5.41, 5.74) is -0.0799. The monoisotopic (exact) mass is 232 g/mol. The van der Waals surface area contributed by atoms with Crippen molar-refractivity contribution in [2.45, 2.75) is 63.3 Å². The molecule has 0 N–H and O–H groups in total. The van der Waals surface area contributed by atoms with E-state index in [4.69, 9.17) is 0 Å². The summed E-state index contributed by atoms with van der Waals surface area (Å²) >= 11 is 0. The molecule has 0 aromatic heterocycles. The van der Waals surface area contributed by atoms with Crippen molar-refractivity contribution in [2.24, 2.45) is 11.8 Å². The van der Waals surface area contributed by atoms with E-state index >= 15 is 0 Å². The van der Waals surface area contributed by atoms with Gasteiger partial charge >= 0.3 is 0 Å². The predicted octanol–water partition coefficient (Wildman–Crippen LogP) is 3.33. The molecule has 2 saturated heterocycles. The molecule has 0 radical (unpaired) electrons.